The number of nitrogens with one attached hydrogen (secondary N) is 1. The molecule has 0 aliphatic carbocycles. The number of pyridine rings is 1. The predicted octanol–water partition coefficient (Wildman–Crippen LogP) is 1.70. The van der Waals surface area contributed by atoms with Crippen molar-refractivity contribution in [1.29, 1.82) is 0 Å². The van der Waals surface area contributed by atoms with E-state index in [2.05, 4.69) is 17.2 Å². The van der Waals surface area contributed by atoms with Crippen LogP contribution in [0.2, 0.25) is 0 Å². The molecule has 1 N–H and O–H groups in total. The SMILES string of the molecule is CNc1ccnc(C(=O)N2CCSCC2C)c1. The average Bonchev–Trinajstić information content (AvgIpc) is 2.38. The van der Waals surface area contributed by atoms with E-state index >= 15 is 0 Å². The molecule has 1 atom stereocenters. The van der Waals surface area contributed by atoms with E-state index in [1.165, 1.54) is 0 Å². The van der Waals surface area contributed by atoms with Crippen molar-refractivity contribution in [3.8, 4) is 0 Å². The van der Waals surface area contributed by atoms with Crippen LogP contribution in [0.25, 0.3) is 0 Å². The molecule has 5 heteroatoms. The molecular formula is C12H17N3OS. The molecule has 1 amide bonds. The first-order chi connectivity index (χ1) is 8.22. The number of hydrogen-bond acceptors (Lipinski definition) is 4. The molecule has 1 fully saturated rings. The normalized spacial score (nSPS) is 20.1. The summed E-state index contributed by atoms with van der Waals surface area (Å²) in [6, 6.07) is 3.95. The van der Waals surface area contributed by atoms with E-state index in [4.69, 9.17) is 0 Å². The fraction of sp³-hybridized carbons (Fsp3) is 0.500. The Morgan fingerprint density at radius 1 is 1.65 bits per heavy atom. The highest BCUT2D eigenvalue weighted by molar-refractivity contribution is 7.99. The molecule has 1 aromatic rings. The van der Waals surface area contributed by atoms with Gasteiger partial charge in [-0.2, -0.15) is 11.8 Å². The minimum atomic E-state index is 0.0369. The van der Waals surface area contributed by atoms with Crippen LogP contribution in [0.1, 0.15) is 17.4 Å². The lowest BCUT2D eigenvalue weighted by Gasteiger charge is -2.32. The highest BCUT2D eigenvalue weighted by Crippen LogP contribution is 2.18. The third-order valence-corrected chi connectivity index (χ3v) is 4.09. The van der Waals surface area contributed by atoms with Gasteiger partial charge in [0.05, 0.1) is 0 Å². The Hall–Kier alpha value is -1.23. The van der Waals surface area contributed by atoms with Gasteiger partial charge in [-0.3, -0.25) is 9.78 Å². The minimum Gasteiger partial charge on any atom is -0.388 e. The second-order valence-electron chi connectivity index (χ2n) is 4.10. The van der Waals surface area contributed by atoms with E-state index in [9.17, 15) is 4.79 Å². The summed E-state index contributed by atoms with van der Waals surface area (Å²) in [4.78, 5) is 18.4. The Morgan fingerprint density at radius 2 is 2.47 bits per heavy atom. The molecule has 0 spiro atoms. The van der Waals surface area contributed by atoms with Crippen LogP contribution in [-0.2, 0) is 0 Å². The third-order valence-electron chi connectivity index (χ3n) is 2.90. The van der Waals surface area contributed by atoms with Crippen LogP contribution in [0.15, 0.2) is 18.3 Å². The fourth-order valence-electron chi connectivity index (χ4n) is 1.88. The van der Waals surface area contributed by atoms with Crippen LogP contribution in [0.3, 0.4) is 0 Å². The van der Waals surface area contributed by atoms with Crippen LogP contribution in [0.4, 0.5) is 5.69 Å². The van der Waals surface area contributed by atoms with Gasteiger partial charge in [0.25, 0.3) is 5.91 Å². The number of carbonyl (C=O) groups excluding carboxylic acids is 1. The summed E-state index contributed by atoms with van der Waals surface area (Å²) in [5.41, 5.74) is 1.44. The summed E-state index contributed by atoms with van der Waals surface area (Å²) in [5, 5.41) is 3.02. The van der Waals surface area contributed by atoms with Gasteiger partial charge in [0, 0.05) is 43.0 Å². The standard InChI is InChI=1S/C12H17N3OS/c1-9-8-17-6-5-15(9)12(16)11-7-10(13-2)3-4-14-11/h3-4,7,9H,5-6,8H2,1-2H3,(H,13,14). The molecule has 0 aromatic carbocycles. The lowest BCUT2D eigenvalue weighted by Crippen LogP contribution is -2.44. The second-order valence-corrected chi connectivity index (χ2v) is 5.25. The number of thioether (sulfide) groups is 1. The van der Waals surface area contributed by atoms with Crippen LogP contribution in [0, 0.1) is 0 Å². The minimum absolute atomic E-state index is 0.0369. The molecule has 1 saturated heterocycles. The Balaban J connectivity index is 2.17. The third kappa shape index (κ3) is 2.72. The number of hydrogen-bond donors (Lipinski definition) is 1. The highest BCUT2D eigenvalue weighted by atomic mass is 32.2. The second kappa shape index (κ2) is 5.40. The first kappa shape index (κ1) is 12.2. The van der Waals surface area contributed by atoms with Gasteiger partial charge in [0.15, 0.2) is 0 Å². The van der Waals surface area contributed by atoms with Crippen molar-refractivity contribution in [3.63, 3.8) is 0 Å². The van der Waals surface area contributed by atoms with Gasteiger partial charge < -0.3 is 10.2 Å². The Labute approximate surface area is 106 Å². The molecule has 1 aliphatic rings. The predicted molar refractivity (Wildman–Crippen MR) is 71.6 cm³/mol. The van der Waals surface area contributed by atoms with Crippen molar-refractivity contribution >= 4 is 23.4 Å². The molecule has 1 unspecified atom stereocenters. The van der Waals surface area contributed by atoms with Crippen molar-refractivity contribution in [2.45, 2.75) is 13.0 Å². The number of carbonyl (C=O) groups is 1. The van der Waals surface area contributed by atoms with Crippen LogP contribution < -0.4 is 5.32 Å². The number of anilines is 1. The van der Waals surface area contributed by atoms with Gasteiger partial charge in [-0.25, -0.2) is 0 Å². The van der Waals surface area contributed by atoms with Gasteiger partial charge in [0.1, 0.15) is 5.69 Å². The zero-order chi connectivity index (χ0) is 12.3. The summed E-state index contributed by atoms with van der Waals surface area (Å²) < 4.78 is 0. The molecule has 0 saturated carbocycles. The number of rotatable bonds is 2. The smallest absolute Gasteiger partial charge is 0.272 e. The van der Waals surface area contributed by atoms with Crippen molar-refractivity contribution in [3.05, 3.63) is 24.0 Å². The topological polar surface area (TPSA) is 45.2 Å². The van der Waals surface area contributed by atoms with E-state index in [0.29, 0.717) is 11.7 Å². The van der Waals surface area contributed by atoms with Gasteiger partial charge in [-0.1, -0.05) is 0 Å². The molecule has 17 heavy (non-hydrogen) atoms. The number of aromatic nitrogens is 1. The maximum atomic E-state index is 12.3. The summed E-state index contributed by atoms with van der Waals surface area (Å²) in [6.45, 7) is 2.90. The van der Waals surface area contributed by atoms with Gasteiger partial charge in [0.2, 0.25) is 0 Å². The largest absolute Gasteiger partial charge is 0.388 e. The van der Waals surface area contributed by atoms with Crippen molar-refractivity contribution < 1.29 is 4.79 Å². The van der Waals surface area contributed by atoms with Gasteiger partial charge >= 0.3 is 0 Å². The zero-order valence-corrected chi connectivity index (χ0v) is 11.0. The van der Waals surface area contributed by atoms with Crippen molar-refractivity contribution in [2.24, 2.45) is 0 Å². The van der Waals surface area contributed by atoms with Crippen LogP contribution in [-0.4, -0.2) is 46.9 Å². The fourth-order valence-corrected chi connectivity index (χ4v) is 2.89. The monoisotopic (exact) mass is 251 g/mol. The maximum absolute atomic E-state index is 12.3. The van der Waals surface area contributed by atoms with Crippen LogP contribution >= 0.6 is 11.8 Å². The van der Waals surface area contributed by atoms with E-state index in [1.807, 2.05) is 29.8 Å². The lowest BCUT2D eigenvalue weighted by molar-refractivity contribution is 0.0710. The Morgan fingerprint density at radius 3 is 3.18 bits per heavy atom. The molecule has 2 heterocycles. The first-order valence-corrected chi connectivity index (χ1v) is 6.90. The molecule has 1 aliphatic heterocycles. The van der Waals surface area contributed by atoms with Crippen molar-refractivity contribution in [2.75, 3.05) is 30.4 Å². The van der Waals surface area contributed by atoms with E-state index in [-0.39, 0.29) is 5.91 Å². The van der Waals surface area contributed by atoms with E-state index in [0.717, 1.165) is 23.7 Å². The molecule has 2 rings (SSSR count). The highest BCUT2D eigenvalue weighted by Gasteiger charge is 2.25. The van der Waals surface area contributed by atoms with Gasteiger partial charge in [-0.05, 0) is 19.1 Å². The average molecular weight is 251 g/mol. The first-order valence-electron chi connectivity index (χ1n) is 5.75. The molecule has 1 aromatic heterocycles. The summed E-state index contributed by atoms with van der Waals surface area (Å²) in [5.74, 6) is 2.06. The lowest BCUT2D eigenvalue weighted by atomic mass is 10.2. The summed E-state index contributed by atoms with van der Waals surface area (Å²) in [7, 11) is 1.84. The molecule has 0 bridgehead atoms. The number of nitrogens with zero attached hydrogens (tertiary/aromatic N) is 2. The van der Waals surface area contributed by atoms with Gasteiger partial charge in [-0.15, -0.1) is 0 Å². The van der Waals surface area contributed by atoms with Crippen LogP contribution in [0.5, 0.6) is 0 Å². The van der Waals surface area contributed by atoms with Crippen molar-refractivity contribution in [1.82, 2.24) is 9.88 Å². The Bertz CT molecular complexity index is 410. The quantitative estimate of drug-likeness (QED) is 0.869. The zero-order valence-electron chi connectivity index (χ0n) is 10.1. The van der Waals surface area contributed by atoms with E-state index < -0.39 is 0 Å². The molecule has 4 nitrogen and oxygen atoms in total. The number of amides is 1. The molecule has 0 radical (unpaired) electrons. The van der Waals surface area contributed by atoms with E-state index in [1.54, 1.807) is 12.3 Å². The molecular weight excluding hydrogens is 234 g/mol. The Kier molecular flexibility index (Phi) is 3.89. The molecule has 92 valence electrons. The maximum Gasteiger partial charge on any atom is 0.272 e. The summed E-state index contributed by atoms with van der Waals surface area (Å²) in [6.07, 6.45) is 1.67. The summed E-state index contributed by atoms with van der Waals surface area (Å²) >= 11 is 1.90.